The summed E-state index contributed by atoms with van der Waals surface area (Å²) >= 11 is 0. The lowest BCUT2D eigenvalue weighted by molar-refractivity contribution is 0.129. The molecule has 3 rings (SSSR count). The number of para-hydroxylation sites is 1. The fourth-order valence-electron chi connectivity index (χ4n) is 2.48. The van der Waals surface area contributed by atoms with Gasteiger partial charge in [0.2, 0.25) is 0 Å². The number of benzene rings is 1. The molecule has 2 aromatic rings. The summed E-state index contributed by atoms with van der Waals surface area (Å²) in [6, 6.07) is 9.59. The lowest BCUT2D eigenvalue weighted by Gasteiger charge is -2.17. The van der Waals surface area contributed by atoms with Crippen molar-refractivity contribution in [3.63, 3.8) is 0 Å². The summed E-state index contributed by atoms with van der Waals surface area (Å²) in [6.07, 6.45) is 3.33. The minimum atomic E-state index is -0.518. The standard InChI is InChI=1S/C15H16N2O2/c16-13-5-6-17-8-10(13)7-14(18)12-9-19-15-4-2-1-3-11(12)15/h1-6,8,12,14,18H,7,9H2,(H2,16,17). The molecule has 0 bridgehead atoms. The summed E-state index contributed by atoms with van der Waals surface area (Å²) in [6.45, 7) is 0.515. The minimum Gasteiger partial charge on any atom is -0.493 e. The van der Waals surface area contributed by atoms with Crippen LogP contribution in [0.4, 0.5) is 5.69 Å². The molecule has 1 aromatic heterocycles. The van der Waals surface area contributed by atoms with Gasteiger partial charge in [0, 0.05) is 36.0 Å². The van der Waals surface area contributed by atoms with Crippen LogP contribution in [0.2, 0.25) is 0 Å². The summed E-state index contributed by atoms with van der Waals surface area (Å²) < 4.78 is 5.59. The van der Waals surface area contributed by atoms with E-state index in [1.165, 1.54) is 0 Å². The average Bonchev–Trinajstić information content (AvgIpc) is 2.85. The first-order valence-electron chi connectivity index (χ1n) is 6.34. The SMILES string of the molecule is Nc1ccncc1CC(O)C1COc2ccccc21. The molecule has 2 unspecified atom stereocenters. The van der Waals surface area contributed by atoms with Crippen LogP contribution < -0.4 is 10.5 Å². The van der Waals surface area contributed by atoms with Crippen LogP contribution in [0.1, 0.15) is 17.0 Å². The molecule has 19 heavy (non-hydrogen) atoms. The molecule has 0 radical (unpaired) electrons. The molecule has 0 saturated carbocycles. The predicted molar refractivity (Wildman–Crippen MR) is 73.0 cm³/mol. The van der Waals surface area contributed by atoms with Crippen LogP contribution in [0.25, 0.3) is 0 Å². The van der Waals surface area contributed by atoms with Gasteiger partial charge in [-0.15, -0.1) is 0 Å². The van der Waals surface area contributed by atoms with E-state index >= 15 is 0 Å². The van der Waals surface area contributed by atoms with Gasteiger partial charge in [0.05, 0.1) is 12.7 Å². The number of pyridine rings is 1. The highest BCUT2D eigenvalue weighted by molar-refractivity contribution is 5.45. The number of nitrogens with zero attached hydrogens (tertiary/aromatic N) is 1. The molecule has 1 aliphatic heterocycles. The van der Waals surface area contributed by atoms with Crippen molar-refractivity contribution in [1.82, 2.24) is 4.98 Å². The molecule has 1 aromatic carbocycles. The topological polar surface area (TPSA) is 68.4 Å². The average molecular weight is 256 g/mol. The molecule has 0 amide bonds. The zero-order valence-electron chi connectivity index (χ0n) is 10.5. The second-order valence-corrected chi connectivity index (χ2v) is 4.80. The van der Waals surface area contributed by atoms with Crippen LogP contribution in [0.15, 0.2) is 42.7 Å². The lowest BCUT2D eigenvalue weighted by atomic mass is 9.91. The summed E-state index contributed by atoms with van der Waals surface area (Å²) in [5.74, 6) is 0.863. The van der Waals surface area contributed by atoms with Crippen LogP contribution >= 0.6 is 0 Å². The number of aromatic nitrogens is 1. The maximum atomic E-state index is 10.4. The summed E-state index contributed by atoms with van der Waals surface area (Å²) in [7, 11) is 0. The Morgan fingerprint density at radius 3 is 3.05 bits per heavy atom. The van der Waals surface area contributed by atoms with Crippen molar-refractivity contribution in [1.29, 1.82) is 0 Å². The molecule has 0 spiro atoms. The number of anilines is 1. The third kappa shape index (κ3) is 2.27. The van der Waals surface area contributed by atoms with E-state index in [4.69, 9.17) is 10.5 Å². The lowest BCUT2D eigenvalue weighted by Crippen LogP contribution is -2.22. The number of rotatable bonds is 3. The Labute approximate surface area is 111 Å². The van der Waals surface area contributed by atoms with E-state index in [9.17, 15) is 5.11 Å². The van der Waals surface area contributed by atoms with Gasteiger partial charge in [0.15, 0.2) is 0 Å². The summed E-state index contributed by atoms with van der Waals surface area (Å²) in [5.41, 5.74) is 8.49. The van der Waals surface area contributed by atoms with Gasteiger partial charge in [-0.25, -0.2) is 0 Å². The van der Waals surface area contributed by atoms with Crippen molar-refractivity contribution >= 4 is 5.69 Å². The second kappa shape index (κ2) is 4.90. The molecule has 2 atom stereocenters. The molecule has 2 heterocycles. The van der Waals surface area contributed by atoms with E-state index < -0.39 is 6.10 Å². The summed E-state index contributed by atoms with van der Waals surface area (Å²) in [5, 5.41) is 10.4. The Bertz CT molecular complexity index is 586. The Morgan fingerprint density at radius 2 is 2.21 bits per heavy atom. The Morgan fingerprint density at radius 1 is 1.37 bits per heavy atom. The Kier molecular flexibility index (Phi) is 3.09. The molecule has 0 aliphatic carbocycles. The normalized spacial score (nSPS) is 18.7. The summed E-state index contributed by atoms with van der Waals surface area (Å²) in [4.78, 5) is 4.05. The number of ether oxygens (including phenoxy) is 1. The van der Waals surface area contributed by atoms with E-state index in [2.05, 4.69) is 4.98 Å². The van der Waals surface area contributed by atoms with E-state index in [0.29, 0.717) is 18.7 Å². The van der Waals surface area contributed by atoms with Crippen molar-refractivity contribution in [2.45, 2.75) is 18.4 Å². The van der Waals surface area contributed by atoms with Crippen molar-refractivity contribution in [2.24, 2.45) is 0 Å². The zero-order valence-corrected chi connectivity index (χ0v) is 10.5. The molecular formula is C15H16N2O2. The maximum absolute atomic E-state index is 10.4. The third-order valence-electron chi connectivity index (χ3n) is 3.57. The van der Waals surface area contributed by atoms with Gasteiger partial charge in [-0.3, -0.25) is 4.98 Å². The molecule has 98 valence electrons. The van der Waals surface area contributed by atoms with Crippen LogP contribution in [0, 0.1) is 0 Å². The van der Waals surface area contributed by atoms with Crippen molar-refractivity contribution in [3.8, 4) is 5.75 Å². The third-order valence-corrected chi connectivity index (χ3v) is 3.57. The van der Waals surface area contributed by atoms with E-state index in [-0.39, 0.29) is 5.92 Å². The van der Waals surface area contributed by atoms with Gasteiger partial charge in [0.1, 0.15) is 5.75 Å². The fraction of sp³-hybridized carbons (Fsp3) is 0.267. The highest BCUT2D eigenvalue weighted by atomic mass is 16.5. The molecule has 3 N–H and O–H groups in total. The van der Waals surface area contributed by atoms with Gasteiger partial charge < -0.3 is 15.6 Å². The number of hydrogen-bond acceptors (Lipinski definition) is 4. The zero-order chi connectivity index (χ0) is 13.2. The number of aliphatic hydroxyl groups is 1. The maximum Gasteiger partial charge on any atom is 0.123 e. The number of nitrogens with two attached hydrogens (primary N) is 1. The highest BCUT2D eigenvalue weighted by Crippen LogP contribution is 2.36. The monoisotopic (exact) mass is 256 g/mol. The number of aliphatic hydroxyl groups excluding tert-OH is 1. The van der Waals surface area contributed by atoms with Gasteiger partial charge in [0.25, 0.3) is 0 Å². The van der Waals surface area contributed by atoms with Crippen LogP contribution in [0.3, 0.4) is 0 Å². The first-order chi connectivity index (χ1) is 9.25. The Balaban J connectivity index is 1.79. The molecule has 1 aliphatic rings. The smallest absolute Gasteiger partial charge is 0.123 e. The van der Waals surface area contributed by atoms with Crippen molar-refractivity contribution in [2.75, 3.05) is 12.3 Å². The number of fused-ring (bicyclic) bond motifs is 1. The first-order valence-corrected chi connectivity index (χ1v) is 6.34. The van der Waals surface area contributed by atoms with E-state index in [1.54, 1.807) is 18.5 Å². The van der Waals surface area contributed by atoms with Gasteiger partial charge in [-0.1, -0.05) is 18.2 Å². The largest absolute Gasteiger partial charge is 0.493 e. The highest BCUT2D eigenvalue weighted by Gasteiger charge is 2.30. The van der Waals surface area contributed by atoms with Crippen molar-refractivity contribution < 1.29 is 9.84 Å². The van der Waals surface area contributed by atoms with Crippen molar-refractivity contribution in [3.05, 3.63) is 53.9 Å². The fourth-order valence-corrected chi connectivity index (χ4v) is 2.48. The van der Waals surface area contributed by atoms with Gasteiger partial charge in [-0.2, -0.15) is 0 Å². The molecule has 0 saturated heterocycles. The van der Waals surface area contributed by atoms with Crippen LogP contribution in [-0.4, -0.2) is 22.8 Å². The first kappa shape index (κ1) is 12.0. The van der Waals surface area contributed by atoms with E-state index in [0.717, 1.165) is 16.9 Å². The predicted octanol–water partition coefficient (Wildman–Crippen LogP) is 1.74. The number of hydrogen-bond donors (Lipinski definition) is 2. The van der Waals surface area contributed by atoms with Crippen LogP contribution in [-0.2, 0) is 6.42 Å². The van der Waals surface area contributed by atoms with Gasteiger partial charge >= 0.3 is 0 Å². The molecule has 4 nitrogen and oxygen atoms in total. The minimum absolute atomic E-state index is 0.00388. The number of nitrogen functional groups attached to an aromatic ring is 1. The second-order valence-electron chi connectivity index (χ2n) is 4.80. The molecule has 4 heteroatoms. The van der Waals surface area contributed by atoms with E-state index in [1.807, 2.05) is 24.3 Å². The molecular weight excluding hydrogens is 240 g/mol. The molecule has 0 fully saturated rings. The quantitative estimate of drug-likeness (QED) is 0.877. The van der Waals surface area contributed by atoms with Gasteiger partial charge in [-0.05, 0) is 17.7 Å². The Hall–Kier alpha value is -2.07. The van der Waals surface area contributed by atoms with Crippen LogP contribution in [0.5, 0.6) is 5.75 Å².